The average molecular weight is 293 g/mol. The van der Waals surface area contributed by atoms with Crippen molar-refractivity contribution in [2.45, 2.75) is 26.4 Å². The molecule has 22 heavy (non-hydrogen) atoms. The molecule has 3 aromatic rings. The number of amides is 1. The van der Waals surface area contributed by atoms with Crippen LogP contribution < -0.4 is 5.32 Å². The van der Waals surface area contributed by atoms with Crippen molar-refractivity contribution >= 4 is 16.8 Å². The minimum absolute atomic E-state index is 0.000746. The Morgan fingerprint density at radius 3 is 2.86 bits per heavy atom. The summed E-state index contributed by atoms with van der Waals surface area (Å²) in [4.78, 5) is 16.4. The van der Waals surface area contributed by atoms with Gasteiger partial charge in [0, 0.05) is 23.6 Å². The molecule has 1 atom stereocenters. The maximum Gasteiger partial charge on any atom is 0.240 e. The molecule has 0 aliphatic carbocycles. The average Bonchev–Trinajstić information content (AvgIpc) is 2.84. The first-order valence-corrected chi connectivity index (χ1v) is 7.39. The van der Waals surface area contributed by atoms with Crippen LogP contribution in [0.25, 0.3) is 10.9 Å². The molecule has 4 nitrogen and oxygen atoms in total. The van der Waals surface area contributed by atoms with E-state index in [9.17, 15) is 4.79 Å². The molecular formula is C18H19N3O. The summed E-state index contributed by atoms with van der Waals surface area (Å²) in [5.41, 5.74) is 3.18. The van der Waals surface area contributed by atoms with Crippen LogP contribution in [0.1, 0.15) is 24.2 Å². The lowest BCUT2D eigenvalue weighted by Crippen LogP contribution is -2.30. The fourth-order valence-corrected chi connectivity index (χ4v) is 2.70. The molecule has 0 saturated heterocycles. The smallest absolute Gasteiger partial charge is 0.240 e. The molecule has 0 spiro atoms. The van der Waals surface area contributed by atoms with Gasteiger partial charge in [0.1, 0.15) is 6.54 Å². The van der Waals surface area contributed by atoms with E-state index in [-0.39, 0.29) is 11.9 Å². The van der Waals surface area contributed by atoms with E-state index >= 15 is 0 Å². The van der Waals surface area contributed by atoms with Gasteiger partial charge in [0.15, 0.2) is 0 Å². The quantitative estimate of drug-likeness (QED) is 0.803. The number of nitrogens with zero attached hydrogens (tertiary/aromatic N) is 2. The summed E-state index contributed by atoms with van der Waals surface area (Å²) in [6.45, 7) is 4.32. The Morgan fingerprint density at radius 2 is 2.09 bits per heavy atom. The molecule has 3 rings (SSSR count). The normalized spacial score (nSPS) is 12.3. The van der Waals surface area contributed by atoms with Crippen LogP contribution in [0.4, 0.5) is 0 Å². The molecule has 0 fully saturated rings. The van der Waals surface area contributed by atoms with Gasteiger partial charge >= 0.3 is 0 Å². The lowest BCUT2D eigenvalue weighted by molar-refractivity contribution is -0.122. The minimum Gasteiger partial charge on any atom is -0.348 e. The molecule has 112 valence electrons. The van der Waals surface area contributed by atoms with Gasteiger partial charge in [-0.1, -0.05) is 24.3 Å². The number of benzene rings is 1. The van der Waals surface area contributed by atoms with Crippen LogP contribution in [-0.4, -0.2) is 15.5 Å². The van der Waals surface area contributed by atoms with Crippen molar-refractivity contribution in [3.8, 4) is 0 Å². The van der Waals surface area contributed by atoms with E-state index in [1.165, 1.54) is 0 Å². The number of carbonyl (C=O) groups is 1. The van der Waals surface area contributed by atoms with Gasteiger partial charge in [-0.05, 0) is 43.0 Å². The molecule has 0 unspecified atom stereocenters. The molecule has 0 aliphatic rings. The standard InChI is InChI=1S/C18H19N3O/c1-13-10-15-6-3-4-8-17(15)21(13)12-18(22)20-14(2)16-7-5-9-19-11-16/h3-11,14H,12H2,1-2H3,(H,20,22)/t14-/m1/s1. The van der Waals surface area contributed by atoms with Gasteiger partial charge in [-0.3, -0.25) is 9.78 Å². The Labute approximate surface area is 129 Å². The zero-order valence-electron chi connectivity index (χ0n) is 12.8. The third kappa shape index (κ3) is 2.86. The second kappa shape index (κ2) is 6.02. The first-order chi connectivity index (χ1) is 10.6. The zero-order valence-corrected chi connectivity index (χ0v) is 12.8. The summed E-state index contributed by atoms with van der Waals surface area (Å²) in [6.07, 6.45) is 3.51. The van der Waals surface area contributed by atoms with Crippen LogP contribution in [0.2, 0.25) is 0 Å². The number of hydrogen-bond donors (Lipinski definition) is 1. The van der Waals surface area contributed by atoms with Crippen LogP contribution in [0.5, 0.6) is 0 Å². The Balaban J connectivity index is 1.75. The molecular weight excluding hydrogens is 274 g/mol. The van der Waals surface area contributed by atoms with Gasteiger partial charge in [-0.15, -0.1) is 0 Å². The molecule has 1 amide bonds. The predicted octanol–water partition coefficient (Wildman–Crippen LogP) is 3.22. The number of fused-ring (bicyclic) bond motifs is 1. The van der Waals surface area contributed by atoms with E-state index < -0.39 is 0 Å². The summed E-state index contributed by atoms with van der Waals surface area (Å²) < 4.78 is 2.04. The molecule has 4 heteroatoms. The third-order valence-electron chi connectivity index (χ3n) is 3.88. The summed E-state index contributed by atoms with van der Waals surface area (Å²) >= 11 is 0. The van der Waals surface area contributed by atoms with Crippen molar-refractivity contribution in [2.75, 3.05) is 0 Å². The molecule has 2 heterocycles. The zero-order chi connectivity index (χ0) is 15.5. The van der Waals surface area contributed by atoms with E-state index in [1.807, 2.05) is 48.7 Å². The lowest BCUT2D eigenvalue weighted by Gasteiger charge is -2.15. The van der Waals surface area contributed by atoms with Crippen LogP contribution >= 0.6 is 0 Å². The number of pyridine rings is 1. The van der Waals surface area contributed by atoms with Crippen molar-refractivity contribution in [1.29, 1.82) is 0 Å². The predicted molar refractivity (Wildman–Crippen MR) is 87.5 cm³/mol. The van der Waals surface area contributed by atoms with E-state index in [2.05, 4.69) is 22.4 Å². The van der Waals surface area contributed by atoms with Gasteiger partial charge in [0.25, 0.3) is 0 Å². The van der Waals surface area contributed by atoms with Gasteiger partial charge in [-0.25, -0.2) is 0 Å². The topological polar surface area (TPSA) is 46.9 Å². The Morgan fingerprint density at radius 1 is 1.27 bits per heavy atom. The Kier molecular flexibility index (Phi) is 3.92. The number of hydrogen-bond acceptors (Lipinski definition) is 2. The van der Waals surface area contributed by atoms with E-state index in [0.29, 0.717) is 6.54 Å². The van der Waals surface area contributed by atoms with Gasteiger partial charge in [0.05, 0.1) is 6.04 Å². The Hall–Kier alpha value is -2.62. The number of aromatic nitrogens is 2. The van der Waals surface area contributed by atoms with E-state index in [4.69, 9.17) is 0 Å². The number of para-hydroxylation sites is 1. The highest BCUT2D eigenvalue weighted by molar-refractivity contribution is 5.84. The minimum atomic E-state index is -0.0525. The van der Waals surface area contributed by atoms with Crippen LogP contribution in [-0.2, 0) is 11.3 Å². The summed E-state index contributed by atoms with van der Waals surface area (Å²) in [5, 5.41) is 4.19. The Bertz CT molecular complexity index is 792. The lowest BCUT2D eigenvalue weighted by atomic mass is 10.1. The van der Waals surface area contributed by atoms with Crippen molar-refractivity contribution in [2.24, 2.45) is 0 Å². The third-order valence-corrected chi connectivity index (χ3v) is 3.88. The summed E-state index contributed by atoms with van der Waals surface area (Å²) in [6, 6.07) is 14.0. The number of nitrogens with one attached hydrogen (secondary N) is 1. The van der Waals surface area contributed by atoms with Crippen molar-refractivity contribution in [3.63, 3.8) is 0 Å². The highest BCUT2D eigenvalue weighted by atomic mass is 16.2. The first-order valence-electron chi connectivity index (χ1n) is 7.39. The molecule has 0 radical (unpaired) electrons. The summed E-state index contributed by atoms with van der Waals surface area (Å²) in [5.74, 6) is 0.000746. The monoisotopic (exact) mass is 293 g/mol. The van der Waals surface area contributed by atoms with E-state index in [0.717, 1.165) is 22.2 Å². The van der Waals surface area contributed by atoms with Gasteiger partial charge in [0.2, 0.25) is 5.91 Å². The summed E-state index contributed by atoms with van der Waals surface area (Å²) in [7, 11) is 0. The molecule has 2 aromatic heterocycles. The highest BCUT2D eigenvalue weighted by Gasteiger charge is 2.12. The molecule has 0 aliphatic heterocycles. The molecule has 1 aromatic carbocycles. The number of rotatable bonds is 4. The van der Waals surface area contributed by atoms with Gasteiger partial charge in [-0.2, -0.15) is 0 Å². The van der Waals surface area contributed by atoms with E-state index in [1.54, 1.807) is 12.4 Å². The van der Waals surface area contributed by atoms with Crippen molar-refractivity contribution < 1.29 is 4.79 Å². The molecule has 1 N–H and O–H groups in total. The highest BCUT2D eigenvalue weighted by Crippen LogP contribution is 2.19. The molecule has 0 saturated carbocycles. The van der Waals surface area contributed by atoms with Crippen LogP contribution in [0.15, 0.2) is 54.9 Å². The largest absolute Gasteiger partial charge is 0.348 e. The maximum atomic E-state index is 12.3. The van der Waals surface area contributed by atoms with Crippen molar-refractivity contribution in [3.05, 3.63) is 66.1 Å². The second-order valence-electron chi connectivity index (χ2n) is 5.51. The fraction of sp³-hybridized carbons (Fsp3) is 0.222. The van der Waals surface area contributed by atoms with Crippen molar-refractivity contribution in [1.82, 2.24) is 14.9 Å². The van der Waals surface area contributed by atoms with Crippen LogP contribution in [0.3, 0.4) is 0 Å². The van der Waals surface area contributed by atoms with Gasteiger partial charge < -0.3 is 9.88 Å². The van der Waals surface area contributed by atoms with Crippen LogP contribution in [0, 0.1) is 6.92 Å². The SMILES string of the molecule is Cc1cc2ccccc2n1CC(=O)N[C@H](C)c1cccnc1. The first kappa shape index (κ1) is 14.3. The fourth-order valence-electron chi connectivity index (χ4n) is 2.70. The number of aryl methyl sites for hydroxylation is 1. The molecule has 0 bridgehead atoms. The number of carbonyl (C=O) groups excluding carboxylic acids is 1. The second-order valence-corrected chi connectivity index (χ2v) is 5.51. The maximum absolute atomic E-state index is 12.3.